The van der Waals surface area contributed by atoms with E-state index in [0.29, 0.717) is 17.7 Å². The molecule has 4 rings (SSSR count). The second-order valence-corrected chi connectivity index (χ2v) is 5.39. The first-order chi connectivity index (χ1) is 9.24. The van der Waals surface area contributed by atoms with Crippen LogP contribution in [0.4, 0.5) is 0 Å². The van der Waals surface area contributed by atoms with Crippen molar-refractivity contribution in [2.24, 2.45) is 0 Å². The van der Waals surface area contributed by atoms with E-state index in [-0.39, 0.29) is 24.2 Å². The second kappa shape index (κ2) is 3.92. The van der Waals surface area contributed by atoms with Crippen molar-refractivity contribution in [3.05, 3.63) is 42.5 Å². The molecule has 19 heavy (non-hydrogen) atoms. The van der Waals surface area contributed by atoms with Crippen molar-refractivity contribution in [3.8, 4) is 0 Å². The minimum Gasteiger partial charge on any atom is -0.457 e. The lowest BCUT2D eigenvalue weighted by atomic mass is 9.97. The van der Waals surface area contributed by atoms with Crippen LogP contribution in [0.3, 0.4) is 0 Å². The highest BCUT2D eigenvalue weighted by molar-refractivity contribution is 6.15. The molecule has 2 bridgehead atoms. The van der Waals surface area contributed by atoms with Crippen molar-refractivity contribution in [3.63, 3.8) is 0 Å². The van der Waals surface area contributed by atoms with Crippen LogP contribution >= 0.6 is 0 Å². The summed E-state index contributed by atoms with van der Waals surface area (Å²) in [6, 6.07) is 9.93. The Hall–Kier alpha value is -1.65. The van der Waals surface area contributed by atoms with Crippen LogP contribution < -0.4 is 5.32 Å². The van der Waals surface area contributed by atoms with E-state index in [0.717, 1.165) is 12.0 Å². The van der Waals surface area contributed by atoms with Crippen LogP contribution in [0.15, 0.2) is 36.9 Å². The van der Waals surface area contributed by atoms with Crippen molar-refractivity contribution in [2.75, 3.05) is 0 Å². The topological polar surface area (TPSA) is 50.9 Å². The van der Waals surface area contributed by atoms with E-state index < -0.39 is 0 Å². The van der Waals surface area contributed by atoms with Gasteiger partial charge in [0, 0.05) is 12.5 Å². The summed E-state index contributed by atoms with van der Waals surface area (Å²) in [5, 5.41) is 3.43. The molecular formula is C15H15NO3. The maximum Gasteiger partial charge on any atom is 0.338 e. The number of carbonyl (C=O) groups excluding carboxylic acids is 1. The number of hydrogen-bond acceptors (Lipinski definition) is 4. The third-order valence-corrected chi connectivity index (χ3v) is 4.23. The lowest BCUT2D eigenvalue weighted by Gasteiger charge is -2.19. The number of hydrogen-bond donors (Lipinski definition) is 1. The quantitative estimate of drug-likeness (QED) is 0.501. The zero-order valence-electron chi connectivity index (χ0n) is 10.4. The largest absolute Gasteiger partial charge is 0.457 e. The van der Waals surface area contributed by atoms with Crippen LogP contribution in [0.2, 0.25) is 0 Å². The molecular weight excluding hydrogens is 242 g/mol. The molecule has 4 nitrogen and oxygen atoms in total. The van der Waals surface area contributed by atoms with Gasteiger partial charge in [-0.3, -0.25) is 0 Å². The molecule has 5 unspecified atom stereocenters. The molecule has 0 spiro atoms. The van der Waals surface area contributed by atoms with Gasteiger partial charge in [-0.2, -0.15) is 0 Å². The van der Waals surface area contributed by atoms with Gasteiger partial charge in [-0.15, -0.1) is 0 Å². The summed E-state index contributed by atoms with van der Waals surface area (Å²) < 4.78 is 11.1. The molecule has 1 aromatic rings. The number of rotatable bonds is 3. The number of carbonyl (C=O) groups is 1. The minimum absolute atomic E-state index is 0.0817. The molecule has 0 saturated carbocycles. The number of nitrogens with one attached hydrogen (secondary N) is 1. The van der Waals surface area contributed by atoms with Crippen LogP contribution in [0.1, 0.15) is 12.0 Å². The molecule has 3 aliphatic rings. The Labute approximate surface area is 111 Å². The molecule has 4 heteroatoms. The van der Waals surface area contributed by atoms with Gasteiger partial charge < -0.3 is 14.8 Å². The highest BCUT2D eigenvalue weighted by Crippen LogP contribution is 2.45. The Morgan fingerprint density at radius 1 is 1.32 bits per heavy atom. The third kappa shape index (κ3) is 1.71. The van der Waals surface area contributed by atoms with Crippen molar-refractivity contribution in [1.29, 1.82) is 0 Å². The molecule has 5 atom stereocenters. The van der Waals surface area contributed by atoms with E-state index >= 15 is 0 Å². The SMILES string of the molecule is C=C(C(=O)OC1CC2NC1C1OC21)c1ccccc1. The third-order valence-electron chi connectivity index (χ3n) is 4.23. The normalized spacial score (nSPS) is 37.8. The van der Waals surface area contributed by atoms with Crippen molar-refractivity contribution < 1.29 is 14.3 Å². The summed E-state index contributed by atoms with van der Waals surface area (Å²) in [6.07, 6.45) is 1.38. The zero-order valence-corrected chi connectivity index (χ0v) is 10.4. The number of esters is 1. The lowest BCUT2D eigenvalue weighted by molar-refractivity contribution is -0.142. The van der Waals surface area contributed by atoms with Crippen LogP contribution in [0.5, 0.6) is 0 Å². The highest BCUT2D eigenvalue weighted by Gasteiger charge is 2.64. The van der Waals surface area contributed by atoms with E-state index in [4.69, 9.17) is 9.47 Å². The molecule has 1 N–H and O–H groups in total. The van der Waals surface area contributed by atoms with Crippen LogP contribution in [-0.2, 0) is 14.3 Å². The number of epoxide rings is 1. The summed E-state index contributed by atoms with van der Waals surface area (Å²) in [6.45, 7) is 3.83. The van der Waals surface area contributed by atoms with Gasteiger partial charge in [-0.05, 0) is 5.56 Å². The molecule has 0 amide bonds. The summed E-state index contributed by atoms with van der Waals surface area (Å²) >= 11 is 0. The van der Waals surface area contributed by atoms with E-state index in [1.54, 1.807) is 0 Å². The average Bonchev–Trinajstić information content (AvgIpc) is 3.06. The fourth-order valence-corrected chi connectivity index (χ4v) is 3.19. The van der Waals surface area contributed by atoms with Gasteiger partial charge in [-0.25, -0.2) is 4.79 Å². The van der Waals surface area contributed by atoms with Gasteiger partial charge in [0.25, 0.3) is 0 Å². The van der Waals surface area contributed by atoms with E-state index in [9.17, 15) is 4.79 Å². The Bertz CT molecular complexity index is 542. The first-order valence-corrected chi connectivity index (χ1v) is 6.61. The molecule has 3 heterocycles. The van der Waals surface area contributed by atoms with Crippen molar-refractivity contribution >= 4 is 11.5 Å². The molecule has 0 aromatic heterocycles. The first-order valence-electron chi connectivity index (χ1n) is 6.61. The molecule has 3 saturated heterocycles. The maximum atomic E-state index is 12.1. The van der Waals surface area contributed by atoms with Gasteiger partial charge >= 0.3 is 5.97 Å². The Morgan fingerprint density at radius 2 is 2.11 bits per heavy atom. The van der Waals surface area contributed by atoms with E-state index in [2.05, 4.69) is 11.9 Å². The van der Waals surface area contributed by atoms with Gasteiger partial charge in [0.15, 0.2) is 0 Å². The molecule has 3 fully saturated rings. The molecule has 0 radical (unpaired) electrons. The van der Waals surface area contributed by atoms with Gasteiger partial charge in [0.1, 0.15) is 18.3 Å². The van der Waals surface area contributed by atoms with Crippen molar-refractivity contribution in [1.82, 2.24) is 5.32 Å². The minimum atomic E-state index is -0.331. The van der Waals surface area contributed by atoms with Crippen LogP contribution in [-0.4, -0.2) is 36.4 Å². The smallest absolute Gasteiger partial charge is 0.338 e. The second-order valence-electron chi connectivity index (χ2n) is 5.39. The van der Waals surface area contributed by atoms with Gasteiger partial charge in [-0.1, -0.05) is 36.9 Å². The average molecular weight is 257 g/mol. The van der Waals surface area contributed by atoms with Crippen molar-refractivity contribution in [2.45, 2.75) is 36.8 Å². The molecule has 1 aromatic carbocycles. The number of benzene rings is 1. The highest BCUT2D eigenvalue weighted by atomic mass is 16.6. The Morgan fingerprint density at radius 3 is 2.79 bits per heavy atom. The summed E-state index contributed by atoms with van der Waals surface area (Å²) in [5.74, 6) is -0.331. The fraction of sp³-hybridized carbons (Fsp3) is 0.400. The predicted molar refractivity (Wildman–Crippen MR) is 69.3 cm³/mol. The molecule has 3 aliphatic heterocycles. The predicted octanol–water partition coefficient (Wildman–Crippen LogP) is 1.12. The van der Waals surface area contributed by atoms with E-state index in [1.165, 1.54) is 0 Å². The summed E-state index contributed by atoms with van der Waals surface area (Å²) in [5.41, 5.74) is 1.22. The molecule has 98 valence electrons. The Kier molecular flexibility index (Phi) is 2.31. The number of fused-ring (bicyclic) bond motifs is 5. The fourth-order valence-electron chi connectivity index (χ4n) is 3.19. The standard InChI is InChI=1S/C15H15NO3/c1-8(9-5-3-2-4-6-9)15(17)18-11-7-10-13-14(19-13)12(11)16-10/h2-6,10-14,16H,1,7H2. The summed E-state index contributed by atoms with van der Waals surface area (Å²) in [7, 11) is 0. The van der Waals surface area contributed by atoms with E-state index in [1.807, 2.05) is 30.3 Å². The van der Waals surface area contributed by atoms with Gasteiger partial charge in [0.2, 0.25) is 0 Å². The van der Waals surface area contributed by atoms with Crippen LogP contribution in [0.25, 0.3) is 5.57 Å². The number of ether oxygens (including phenoxy) is 2. The maximum absolute atomic E-state index is 12.1. The Balaban J connectivity index is 1.43. The lowest BCUT2D eigenvalue weighted by Crippen LogP contribution is -2.36. The van der Waals surface area contributed by atoms with Crippen LogP contribution in [0, 0.1) is 0 Å². The van der Waals surface area contributed by atoms with Gasteiger partial charge in [0.05, 0.1) is 11.6 Å². The molecule has 0 aliphatic carbocycles. The first kappa shape index (κ1) is 11.2. The monoisotopic (exact) mass is 257 g/mol. The number of morpholine rings is 1. The zero-order chi connectivity index (χ0) is 13.0. The summed E-state index contributed by atoms with van der Waals surface area (Å²) in [4.78, 5) is 12.1.